The van der Waals surface area contributed by atoms with Gasteiger partial charge in [0.1, 0.15) is 5.75 Å². The minimum atomic E-state index is -1.34. The van der Waals surface area contributed by atoms with Crippen molar-refractivity contribution in [3.8, 4) is 5.75 Å². The van der Waals surface area contributed by atoms with Gasteiger partial charge < -0.3 is 19.3 Å². The van der Waals surface area contributed by atoms with Gasteiger partial charge in [-0.1, -0.05) is 59.3 Å². The third kappa shape index (κ3) is 9.56. The summed E-state index contributed by atoms with van der Waals surface area (Å²) in [5, 5.41) is 9.42. The smallest absolute Gasteiger partial charge is 0.342 e. The van der Waals surface area contributed by atoms with Crippen LogP contribution in [0.3, 0.4) is 0 Å². The summed E-state index contributed by atoms with van der Waals surface area (Å²) in [6, 6.07) is 6.00. The molecule has 0 saturated heterocycles. The van der Waals surface area contributed by atoms with E-state index < -0.39 is 11.9 Å². The van der Waals surface area contributed by atoms with Gasteiger partial charge in [0.05, 0.1) is 18.8 Å². The second-order valence-corrected chi connectivity index (χ2v) is 7.19. The standard InChI is InChI=1S/C23H38O5/c1-4-7-9-10-11-12-19-27-23(17-6-3,26-18-8-5-2)28-22(25)20-13-15-21(24)16-14-20/h13-16,24H,4-12,17-19H2,1-3H3. The van der Waals surface area contributed by atoms with Crippen LogP contribution in [-0.4, -0.2) is 30.3 Å². The molecule has 0 radical (unpaired) electrons. The van der Waals surface area contributed by atoms with E-state index in [-0.39, 0.29) is 5.75 Å². The highest BCUT2D eigenvalue weighted by atomic mass is 16.9. The Morgan fingerprint density at radius 3 is 2.00 bits per heavy atom. The fourth-order valence-electron chi connectivity index (χ4n) is 2.88. The van der Waals surface area contributed by atoms with Crippen LogP contribution in [0.15, 0.2) is 24.3 Å². The molecule has 0 aromatic heterocycles. The van der Waals surface area contributed by atoms with Crippen molar-refractivity contribution in [1.82, 2.24) is 0 Å². The lowest BCUT2D eigenvalue weighted by atomic mass is 10.1. The minimum absolute atomic E-state index is 0.106. The van der Waals surface area contributed by atoms with Gasteiger partial charge in [0.25, 0.3) is 0 Å². The summed E-state index contributed by atoms with van der Waals surface area (Å²) in [7, 11) is 0. The molecule has 0 heterocycles. The van der Waals surface area contributed by atoms with Crippen molar-refractivity contribution in [3.63, 3.8) is 0 Å². The number of unbranched alkanes of at least 4 members (excludes halogenated alkanes) is 6. The fourth-order valence-corrected chi connectivity index (χ4v) is 2.88. The Balaban J connectivity index is 2.71. The first-order valence-electron chi connectivity index (χ1n) is 10.9. The summed E-state index contributed by atoms with van der Waals surface area (Å²) in [5.41, 5.74) is 0.362. The number of benzene rings is 1. The Kier molecular flexibility index (Phi) is 12.6. The van der Waals surface area contributed by atoms with Crippen LogP contribution in [-0.2, 0) is 14.2 Å². The lowest BCUT2D eigenvalue weighted by molar-refractivity contribution is -0.359. The lowest BCUT2D eigenvalue weighted by Gasteiger charge is -2.32. The molecule has 160 valence electrons. The molecule has 1 aromatic rings. The topological polar surface area (TPSA) is 65.0 Å². The highest BCUT2D eigenvalue weighted by Gasteiger charge is 2.36. The molecule has 0 aliphatic rings. The number of ether oxygens (including phenoxy) is 3. The van der Waals surface area contributed by atoms with Crippen LogP contribution in [0.4, 0.5) is 0 Å². The minimum Gasteiger partial charge on any atom is -0.508 e. The number of carbonyl (C=O) groups excluding carboxylic acids is 1. The summed E-state index contributed by atoms with van der Waals surface area (Å²) in [6.45, 7) is 7.29. The summed E-state index contributed by atoms with van der Waals surface area (Å²) < 4.78 is 17.7. The largest absolute Gasteiger partial charge is 0.508 e. The van der Waals surface area contributed by atoms with Crippen LogP contribution < -0.4 is 0 Å². The van der Waals surface area contributed by atoms with E-state index in [4.69, 9.17) is 14.2 Å². The van der Waals surface area contributed by atoms with Gasteiger partial charge in [0, 0.05) is 6.42 Å². The molecule has 0 aliphatic carbocycles. The lowest BCUT2D eigenvalue weighted by Crippen LogP contribution is -2.42. The van der Waals surface area contributed by atoms with Crippen molar-refractivity contribution in [2.24, 2.45) is 0 Å². The van der Waals surface area contributed by atoms with E-state index in [2.05, 4.69) is 13.8 Å². The van der Waals surface area contributed by atoms with Gasteiger partial charge in [-0.15, -0.1) is 0 Å². The maximum atomic E-state index is 12.6. The normalized spacial score (nSPS) is 13.2. The molecule has 0 aliphatic heterocycles. The second kappa shape index (κ2) is 14.4. The number of hydrogen-bond acceptors (Lipinski definition) is 5. The molecule has 1 atom stereocenters. The van der Waals surface area contributed by atoms with E-state index in [1.54, 1.807) is 0 Å². The van der Waals surface area contributed by atoms with Crippen molar-refractivity contribution in [1.29, 1.82) is 0 Å². The number of esters is 1. The van der Waals surface area contributed by atoms with Gasteiger partial charge in [-0.2, -0.15) is 0 Å². The van der Waals surface area contributed by atoms with Gasteiger partial charge >= 0.3 is 11.9 Å². The first-order chi connectivity index (χ1) is 13.6. The van der Waals surface area contributed by atoms with Crippen LogP contribution in [0.5, 0.6) is 5.75 Å². The molecular formula is C23H38O5. The first-order valence-corrected chi connectivity index (χ1v) is 10.9. The van der Waals surface area contributed by atoms with Gasteiger partial charge in [-0.25, -0.2) is 4.79 Å². The Bertz CT molecular complexity index is 528. The van der Waals surface area contributed by atoms with Crippen molar-refractivity contribution < 1.29 is 24.1 Å². The van der Waals surface area contributed by atoms with E-state index in [9.17, 15) is 9.90 Å². The molecule has 1 aromatic carbocycles. The molecule has 0 bridgehead atoms. The van der Waals surface area contributed by atoms with Crippen LogP contribution in [0.2, 0.25) is 0 Å². The average molecular weight is 395 g/mol. The van der Waals surface area contributed by atoms with Crippen molar-refractivity contribution >= 4 is 5.97 Å². The zero-order chi connectivity index (χ0) is 20.7. The second-order valence-electron chi connectivity index (χ2n) is 7.19. The van der Waals surface area contributed by atoms with E-state index in [1.807, 2.05) is 6.92 Å². The molecule has 0 saturated carbocycles. The molecule has 0 spiro atoms. The van der Waals surface area contributed by atoms with Crippen molar-refractivity contribution in [2.45, 2.75) is 91.0 Å². The van der Waals surface area contributed by atoms with Crippen LogP contribution >= 0.6 is 0 Å². The number of phenols is 1. The molecule has 1 N–H and O–H groups in total. The van der Waals surface area contributed by atoms with Gasteiger partial charge in [-0.3, -0.25) is 0 Å². The van der Waals surface area contributed by atoms with Crippen molar-refractivity contribution in [3.05, 3.63) is 29.8 Å². The third-order valence-electron chi connectivity index (χ3n) is 4.55. The van der Waals surface area contributed by atoms with E-state index in [1.165, 1.54) is 49.9 Å². The van der Waals surface area contributed by atoms with E-state index >= 15 is 0 Å². The molecular weight excluding hydrogens is 356 g/mol. The molecule has 0 amide bonds. The van der Waals surface area contributed by atoms with Crippen LogP contribution in [0, 0.1) is 0 Å². The van der Waals surface area contributed by atoms with Gasteiger partial charge in [0.2, 0.25) is 0 Å². The maximum absolute atomic E-state index is 12.6. The zero-order valence-corrected chi connectivity index (χ0v) is 17.9. The highest BCUT2D eigenvalue weighted by molar-refractivity contribution is 5.89. The summed E-state index contributed by atoms with van der Waals surface area (Å²) in [4.78, 5) is 12.6. The monoisotopic (exact) mass is 394 g/mol. The molecule has 5 nitrogen and oxygen atoms in total. The number of phenolic OH excluding ortho intramolecular Hbond substituents is 1. The predicted molar refractivity (Wildman–Crippen MR) is 111 cm³/mol. The molecule has 0 fully saturated rings. The summed E-state index contributed by atoms with van der Waals surface area (Å²) in [6.07, 6.45) is 10.1. The number of rotatable bonds is 16. The van der Waals surface area contributed by atoms with Gasteiger partial charge in [0.15, 0.2) is 0 Å². The Hall–Kier alpha value is -1.59. The Morgan fingerprint density at radius 1 is 0.821 bits per heavy atom. The fraction of sp³-hybridized carbons (Fsp3) is 0.696. The first kappa shape index (κ1) is 24.4. The van der Waals surface area contributed by atoms with Crippen molar-refractivity contribution in [2.75, 3.05) is 13.2 Å². The average Bonchev–Trinajstić information content (AvgIpc) is 2.68. The SMILES string of the molecule is CCCCCCCCOC(CCC)(OCCCC)OC(=O)c1ccc(O)cc1. The molecule has 5 heteroatoms. The molecule has 28 heavy (non-hydrogen) atoms. The van der Waals surface area contributed by atoms with Gasteiger partial charge in [-0.05, 0) is 43.5 Å². The third-order valence-corrected chi connectivity index (χ3v) is 4.55. The highest BCUT2D eigenvalue weighted by Crippen LogP contribution is 2.26. The number of aromatic hydroxyl groups is 1. The summed E-state index contributed by atoms with van der Waals surface area (Å²) >= 11 is 0. The van der Waals surface area contributed by atoms with Crippen LogP contribution in [0.1, 0.15) is 95.3 Å². The molecule has 1 unspecified atom stereocenters. The Labute approximate surface area is 170 Å². The zero-order valence-electron chi connectivity index (χ0n) is 17.9. The van der Waals surface area contributed by atoms with E-state index in [0.29, 0.717) is 25.2 Å². The Morgan fingerprint density at radius 2 is 1.39 bits per heavy atom. The predicted octanol–water partition coefficient (Wildman–Crippen LogP) is 6.20. The van der Waals surface area contributed by atoms with E-state index in [0.717, 1.165) is 32.1 Å². The summed E-state index contributed by atoms with van der Waals surface area (Å²) in [5.74, 6) is -1.75. The quantitative estimate of drug-likeness (QED) is 0.205. The molecule has 1 rings (SSSR count). The van der Waals surface area contributed by atoms with Crippen LogP contribution in [0.25, 0.3) is 0 Å². The number of carbonyl (C=O) groups is 1. The number of hydrogen-bond donors (Lipinski definition) is 1. The maximum Gasteiger partial charge on any atom is 0.342 e.